The summed E-state index contributed by atoms with van der Waals surface area (Å²) in [6, 6.07) is 5.25. The number of amides is 1. The van der Waals surface area contributed by atoms with Gasteiger partial charge in [0.25, 0.3) is 5.91 Å². The van der Waals surface area contributed by atoms with E-state index in [1.54, 1.807) is 17.0 Å². The van der Waals surface area contributed by atoms with Gasteiger partial charge in [-0.2, -0.15) is 0 Å². The highest BCUT2D eigenvalue weighted by atomic mass is 79.9. The molecule has 2 rings (SSSR count). The van der Waals surface area contributed by atoms with Crippen LogP contribution in [0.2, 0.25) is 5.02 Å². The maximum absolute atomic E-state index is 11.9. The maximum atomic E-state index is 11.9. The van der Waals surface area contributed by atoms with Crippen molar-refractivity contribution in [1.82, 2.24) is 4.90 Å². The predicted molar refractivity (Wildman–Crippen MR) is 76.4 cm³/mol. The average Bonchev–Trinajstić information content (AvgIpc) is 2.86. The molecule has 1 N–H and O–H groups in total. The van der Waals surface area contributed by atoms with Crippen LogP contribution < -0.4 is 4.74 Å². The van der Waals surface area contributed by atoms with Gasteiger partial charge in [0, 0.05) is 30.1 Å². The van der Waals surface area contributed by atoms with Crippen molar-refractivity contribution in [3.8, 4) is 5.75 Å². The molecular formula is C13H15BrClNO3. The first-order valence-corrected chi connectivity index (χ1v) is 7.23. The van der Waals surface area contributed by atoms with Gasteiger partial charge in [-0.1, -0.05) is 27.5 Å². The lowest BCUT2D eigenvalue weighted by molar-refractivity contribution is -0.132. The lowest BCUT2D eigenvalue weighted by atomic mass is 10.1. The monoisotopic (exact) mass is 347 g/mol. The highest BCUT2D eigenvalue weighted by Gasteiger charge is 2.25. The molecule has 0 saturated carbocycles. The molecule has 0 aliphatic carbocycles. The zero-order valence-electron chi connectivity index (χ0n) is 10.3. The number of carbonyl (C=O) groups excluding carboxylic acids is 1. The molecule has 1 atom stereocenters. The predicted octanol–water partition coefficient (Wildman–Crippen LogP) is 2.32. The molecule has 1 aliphatic heterocycles. The van der Waals surface area contributed by atoms with Gasteiger partial charge in [0.05, 0.1) is 5.02 Å². The summed E-state index contributed by atoms with van der Waals surface area (Å²) in [6.07, 6.45) is 0.848. The molecule has 0 radical (unpaired) electrons. The van der Waals surface area contributed by atoms with Crippen LogP contribution in [-0.2, 0) is 4.79 Å². The van der Waals surface area contributed by atoms with E-state index < -0.39 is 0 Å². The molecule has 104 valence electrons. The quantitative estimate of drug-likeness (QED) is 0.908. The number of nitrogens with zero attached hydrogens (tertiary/aromatic N) is 1. The summed E-state index contributed by atoms with van der Waals surface area (Å²) in [5.74, 6) is 0.617. The van der Waals surface area contributed by atoms with E-state index in [0.29, 0.717) is 23.9 Å². The number of aliphatic hydroxyl groups is 1. The van der Waals surface area contributed by atoms with Crippen LogP contribution >= 0.6 is 27.5 Å². The number of hydrogen-bond acceptors (Lipinski definition) is 3. The Morgan fingerprint density at radius 1 is 1.58 bits per heavy atom. The number of ether oxygens (including phenoxy) is 1. The molecule has 1 aliphatic rings. The lowest BCUT2D eigenvalue weighted by Gasteiger charge is -2.16. The van der Waals surface area contributed by atoms with E-state index in [2.05, 4.69) is 15.9 Å². The second-order valence-electron chi connectivity index (χ2n) is 4.54. The first-order chi connectivity index (χ1) is 9.10. The number of aliphatic hydroxyl groups excluding tert-OH is 1. The van der Waals surface area contributed by atoms with Gasteiger partial charge in [-0.25, -0.2) is 0 Å². The smallest absolute Gasteiger partial charge is 0.260 e. The molecule has 0 spiro atoms. The van der Waals surface area contributed by atoms with Crippen molar-refractivity contribution >= 4 is 33.4 Å². The molecule has 6 heteroatoms. The fourth-order valence-corrected chi connectivity index (χ4v) is 2.76. The first-order valence-electron chi connectivity index (χ1n) is 6.06. The van der Waals surface area contributed by atoms with E-state index in [1.807, 2.05) is 6.07 Å². The Balaban J connectivity index is 1.87. The van der Waals surface area contributed by atoms with Crippen LogP contribution in [0.5, 0.6) is 5.75 Å². The molecule has 1 aromatic rings. The number of carbonyl (C=O) groups is 1. The van der Waals surface area contributed by atoms with Crippen molar-refractivity contribution in [2.75, 3.05) is 26.3 Å². The van der Waals surface area contributed by atoms with Crippen LogP contribution in [0.15, 0.2) is 22.7 Å². The normalized spacial score (nSPS) is 18.7. The third kappa shape index (κ3) is 3.84. The second-order valence-corrected chi connectivity index (χ2v) is 5.86. The van der Waals surface area contributed by atoms with Gasteiger partial charge in [0.15, 0.2) is 6.61 Å². The van der Waals surface area contributed by atoms with Gasteiger partial charge in [0.2, 0.25) is 0 Å². The topological polar surface area (TPSA) is 49.8 Å². The van der Waals surface area contributed by atoms with Crippen molar-refractivity contribution in [1.29, 1.82) is 0 Å². The Morgan fingerprint density at radius 2 is 2.37 bits per heavy atom. The maximum Gasteiger partial charge on any atom is 0.260 e. The minimum absolute atomic E-state index is 0.0283. The molecule has 1 saturated heterocycles. The molecular weight excluding hydrogens is 334 g/mol. The molecule has 1 amide bonds. The van der Waals surface area contributed by atoms with E-state index >= 15 is 0 Å². The summed E-state index contributed by atoms with van der Waals surface area (Å²) >= 11 is 9.31. The van der Waals surface area contributed by atoms with E-state index in [-0.39, 0.29) is 25.0 Å². The van der Waals surface area contributed by atoms with Crippen molar-refractivity contribution in [3.63, 3.8) is 0 Å². The Kier molecular flexibility index (Phi) is 5.07. The fourth-order valence-electron chi connectivity index (χ4n) is 2.03. The SMILES string of the molecule is O=C(COc1ccc(Br)cc1Cl)N1CCC(CO)C1. The minimum Gasteiger partial charge on any atom is -0.482 e. The van der Waals surface area contributed by atoms with E-state index in [1.165, 1.54) is 0 Å². The number of halogens is 2. The second kappa shape index (κ2) is 6.59. The van der Waals surface area contributed by atoms with Crippen LogP contribution in [0.25, 0.3) is 0 Å². The zero-order valence-corrected chi connectivity index (χ0v) is 12.7. The van der Waals surface area contributed by atoms with Crippen molar-refractivity contribution in [2.45, 2.75) is 6.42 Å². The first kappa shape index (κ1) is 14.6. The number of likely N-dealkylation sites (tertiary alicyclic amines) is 1. The van der Waals surface area contributed by atoms with Gasteiger partial charge in [-0.3, -0.25) is 4.79 Å². The number of hydrogen-bond donors (Lipinski definition) is 1. The Morgan fingerprint density at radius 3 is 3.00 bits per heavy atom. The summed E-state index contributed by atoms with van der Waals surface area (Å²) in [6.45, 7) is 1.39. The summed E-state index contributed by atoms with van der Waals surface area (Å²) < 4.78 is 6.29. The highest BCUT2D eigenvalue weighted by Crippen LogP contribution is 2.27. The Hall–Kier alpha value is -0.780. The van der Waals surface area contributed by atoms with Gasteiger partial charge in [-0.15, -0.1) is 0 Å². The van der Waals surface area contributed by atoms with E-state index in [9.17, 15) is 4.79 Å². The third-order valence-electron chi connectivity index (χ3n) is 3.14. The molecule has 19 heavy (non-hydrogen) atoms. The van der Waals surface area contributed by atoms with Crippen LogP contribution in [-0.4, -0.2) is 42.2 Å². The summed E-state index contributed by atoms with van der Waals surface area (Å²) in [5.41, 5.74) is 0. The summed E-state index contributed by atoms with van der Waals surface area (Å²) in [5, 5.41) is 9.51. The molecule has 1 aromatic carbocycles. The molecule has 1 unspecified atom stereocenters. The van der Waals surface area contributed by atoms with Crippen molar-refractivity contribution in [2.24, 2.45) is 5.92 Å². The largest absolute Gasteiger partial charge is 0.482 e. The summed E-state index contributed by atoms with van der Waals surface area (Å²) in [7, 11) is 0. The fraction of sp³-hybridized carbons (Fsp3) is 0.462. The summed E-state index contributed by atoms with van der Waals surface area (Å²) in [4.78, 5) is 13.6. The minimum atomic E-state index is -0.0741. The standard InChI is InChI=1S/C13H15BrClNO3/c14-10-1-2-12(11(15)5-10)19-8-13(18)16-4-3-9(6-16)7-17/h1-2,5,9,17H,3-4,6-8H2. The molecule has 1 heterocycles. The van der Waals surface area contributed by atoms with Crippen LogP contribution in [0.3, 0.4) is 0 Å². The Bertz CT molecular complexity index is 469. The van der Waals surface area contributed by atoms with Gasteiger partial charge in [0.1, 0.15) is 5.75 Å². The van der Waals surface area contributed by atoms with Gasteiger partial charge in [-0.05, 0) is 24.6 Å². The highest BCUT2D eigenvalue weighted by molar-refractivity contribution is 9.10. The zero-order chi connectivity index (χ0) is 13.8. The van der Waals surface area contributed by atoms with Gasteiger partial charge >= 0.3 is 0 Å². The lowest BCUT2D eigenvalue weighted by Crippen LogP contribution is -2.33. The van der Waals surface area contributed by atoms with Crippen LogP contribution in [0.1, 0.15) is 6.42 Å². The molecule has 0 bridgehead atoms. The number of benzene rings is 1. The third-order valence-corrected chi connectivity index (χ3v) is 3.93. The van der Waals surface area contributed by atoms with Crippen LogP contribution in [0, 0.1) is 5.92 Å². The van der Waals surface area contributed by atoms with Crippen LogP contribution in [0.4, 0.5) is 0 Å². The average molecular weight is 349 g/mol. The molecule has 1 fully saturated rings. The molecule has 4 nitrogen and oxygen atoms in total. The van der Waals surface area contributed by atoms with E-state index in [4.69, 9.17) is 21.4 Å². The van der Waals surface area contributed by atoms with Crippen molar-refractivity contribution in [3.05, 3.63) is 27.7 Å². The van der Waals surface area contributed by atoms with Crippen molar-refractivity contribution < 1.29 is 14.6 Å². The number of rotatable bonds is 4. The molecule has 0 aromatic heterocycles. The Labute approximate surface area is 125 Å². The van der Waals surface area contributed by atoms with Gasteiger partial charge < -0.3 is 14.7 Å². The van der Waals surface area contributed by atoms with E-state index in [0.717, 1.165) is 10.9 Å².